The summed E-state index contributed by atoms with van der Waals surface area (Å²) in [5.41, 5.74) is 4.24. The summed E-state index contributed by atoms with van der Waals surface area (Å²) in [6.07, 6.45) is 4.51. The van der Waals surface area contributed by atoms with Gasteiger partial charge < -0.3 is 9.97 Å². The molecule has 0 radical (unpaired) electrons. The Morgan fingerprint density at radius 1 is 0.852 bits per heavy atom. The highest BCUT2D eigenvalue weighted by atomic mass is 16.5. The molecule has 0 bridgehead atoms. The predicted octanol–water partition coefficient (Wildman–Crippen LogP) is 2.95. The molecule has 1 aliphatic rings. The van der Waals surface area contributed by atoms with E-state index in [4.69, 9.17) is 0 Å². The normalized spacial score (nSPS) is 20.2. The molecule has 2 unspecified atom stereocenters. The van der Waals surface area contributed by atoms with E-state index in [1.807, 2.05) is 60.9 Å². The van der Waals surface area contributed by atoms with Crippen LogP contribution in [-0.2, 0) is 17.6 Å². The van der Waals surface area contributed by atoms with Gasteiger partial charge in [-0.1, -0.05) is 36.4 Å². The third-order valence-electron chi connectivity index (χ3n) is 5.40. The fraction of sp³-hybridized carbons (Fsp3) is 0.190. The zero-order valence-electron chi connectivity index (χ0n) is 14.6. The van der Waals surface area contributed by atoms with Crippen LogP contribution in [0.3, 0.4) is 0 Å². The van der Waals surface area contributed by atoms with Gasteiger partial charge in [0.2, 0.25) is 0 Å². The smallest absolute Gasteiger partial charge is 0.264 e. The highest BCUT2D eigenvalue weighted by Gasteiger charge is 2.38. The van der Waals surface area contributed by atoms with Gasteiger partial charge >= 0.3 is 0 Å². The van der Waals surface area contributed by atoms with Crippen LogP contribution in [0.5, 0.6) is 0 Å². The maximum absolute atomic E-state index is 12.6. The van der Waals surface area contributed by atoms with Gasteiger partial charge in [0.25, 0.3) is 5.91 Å². The molecule has 0 saturated carbocycles. The third-order valence-corrected chi connectivity index (χ3v) is 5.40. The number of H-pyrrole nitrogens is 2. The molecule has 136 valence electrons. The van der Waals surface area contributed by atoms with E-state index >= 15 is 0 Å². The van der Waals surface area contributed by atoms with Crippen LogP contribution < -0.4 is 5.32 Å². The van der Waals surface area contributed by atoms with E-state index in [1.165, 1.54) is 0 Å². The highest BCUT2D eigenvalue weighted by molar-refractivity contribution is 5.87. The van der Waals surface area contributed by atoms with Crippen molar-refractivity contribution >= 4 is 27.7 Å². The summed E-state index contributed by atoms with van der Waals surface area (Å²) in [6.45, 7) is 0. The molecule has 3 heterocycles. The van der Waals surface area contributed by atoms with Crippen LogP contribution in [0.2, 0.25) is 0 Å². The number of aromatic amines is 2. The Kier molecular flexibility index (Phi) is 3.74. The molecule has 6 heteroatoms. The zero-order valence-corrected chi connectivity index (χ0v) is 14.6. The minimum absolute atomic E-state index is 0.287. The number of carbonyl (C=O) groups excluding carboxylic acids is 1. The number of nitrogens with zero attached hydrogens (tertiary/aromatic N) is 1. The van der Waals surface area contributed by atoms with Crippen molar-refractivity contribution in [2.24, 2.45) is 0 Å². The summed E-state index contributed by atoms with van der Waals surface area (Å²) in [5.74, 6) is -0.287. The minimum Gasteiger partial charge on any atom is -0.361 e. The van der Waals surface area contributed by atoms with Gasteiger partial charge in [-0.25, -0.2) is 5.06 Å². The van der Waals surface area contributed by atoms with Gasteiger partial charge in [0.1, 0.15) is 6.17 Å². The Morgan fingerprint density at radius 2 is 1.41 bits per heavy atom. The quantitative estimate of drug-likeness (QED) is 0.422. The number of nitrogens with one attached hydrogen (secondary N) is 3. The molecule has 4 N–H and O–H groups in total. The molecule has 27 heavy (non-hydrogen) atoms. The van der Waals surface area contributed by atoms with Crippen LogP contribution in [0.15, 0.2) is 60.9 Å². The number of hydrogen-bond donors (Lipinski definition) is 4. The highest BCUT2D eigenvalue weighted by Crippen LogP contribution is 2.24. The number of fused-ring (bicyclic) bond motifs is 2. The van der Waals surface area contributed by atoms with Crippen LogP contribution in [0.25, 0.3) is 21.8 Å². The lowest BCUT2D eigenvalue weighted by atomic mass is 10.1. The molecule has 1 fully saturated rings. The number of para-hydroxylation sites is 2. The van der Waals surface area contributed by atoms with E-state index in [2.05, 4.69) is 15.3 Å². The Balaban J connectivity index is 1.37. The van der Waals surface area contributed by atoms with Crippen LogP contribution in [0, 0.1) is 0 Å². The van der Waals surface area contributed by atoms with Gasteiger partial charge in [-0.3, -0.25) is 15.3 Å². The number of hydroxylamine groups is 2. The molecular formula is C21H20N4O2. The van der Waals surface area contributed by atoms with Gasteiger partial charge in [0.05, 0.1) is 6.04 Å². The third kappa shape index (κ3) is 2.70. The van der Waals surface area contributed by atoms with Gasteiger partial charge in [0.15, 0.2) is 0 Å². The molecule has 1 saturated heterocycles. The fourth-order valence-corrected chi connectivity index (χ4v) is 4.01. The molecular weight excluding hydrogens is 340 g/mol. The molecule has 2 aromatic carbocycles. The van der Waals surface area contributed by atoms with Crippen LogP contribution in [0.4, 0.5) is 0 Å². The first-order chi connectivity index (χ1) is 13.2. The van der Waals surface area contributed by atoms with Gasteiger partial charge in [-0.2, -0.15) is 0 Å². The predicted molar refractivity (Wildman–Crippen MR) is 103 cm³/mol. The van der Waals surface area contributed by atoms with Crippen molar-refractivity contribution in [3.05, 3.63) is 72.1 Å². The molecule has 5 rings (SSSR count). The molecule has 0 spiro atoms. The minimum atomic E-state index is -0.440. The summed E-state index contributed by atoms with van der Waals surface area (Å²) in [4.78, 5) is 19.0. The number of hydrogen-bond acceptors (Lipinski definition) is 3. The Labute approximate surface area is 155 Å². The molecule has 4 aromatic rings. The van der Waals surface area contributed by atoms with Gasteiger partial charge in [0, 0.05) is 40.6 Å². The lowest BCUT2D eigenvalue weighted by Gasteiger charge is -2.16. The largest absolute Gasteiger partial charge is 0.361 e. The summed E-state index contributed by atoms with van der Waals surface area (Å²) in [5, 5.41) is 16.7. The first-order valence-corrected chi connectivity index (χ1v) is 9.08. The average molecular weight is 360 g/mol. The number of aromatic nitrogens is 2. The van der Waals surface area contributed by atoms with Crippen molar-refractivity contribution in [2.45, 2.75) is 25.0 Å². The lowest BCUT2D eigenvalue weighted by molar-refractivity contribution is -0.166. The topological polar surface area (TPSA) is 84.2 Å². The van der Waals surface area contributed by atoms with Crippen LogP contribution in [-0.4, -0.2) is 38.4 Å². The van der Waals surface area contributed by atoms with Crippen molar-refractivity contribution in [2.75, 3.05) is 0 Å². The van der Waals surface area contributed by atoms with E-state index in [-0.39, 0.29) is 5.91 Å². The van der Waals surface area contributed by atoms with Crippen LogP contribution in [0.1, 0.15) is 11.1 Å². The first-order valence-electron chi connectivity index (χ1n) is 9.08. The average Bonchev–Trinajstić information content (AvgIpc) is 3.36. The second-order valence-electron chi connectivity index (χ2n) is 7.05. The van der Waals surface area contributed by atoms with E-state index in [9.17, 15) is 10.0 Å². The monoisotopic (exact) mass is 360 g/mol. The van der Waals surface area contributed by atoms with E-state index in [1.54, 1.807) is 0 Å². The molecule has 1 aliphatic heterocycles. The Bertz CT molecular complexity index is 1130. The summed E-state index contributed by atoms with van der Waals surface area (Å²) in [6, 6.07) is 15.6. The maximum Gasteiger partial charge on any atom is 0.264 e. The fourth-order valence-electron chi connectivity index (χ4n) is 4.01. The molecule has 2 atom stereocenters. The SMILES string of the molecule is O=C1C(Cc2c[nH]c3ccccc23)NC(Cc2c[nH]c3ccccc23)N1O. The van der Waals surface area contributed by atoms with E-state index in [0.717, 1.165) is 38.0 Å². The summed E-state index contributed by atoms with van der Waals surface area (Å²) >= 11 is 0. The van der Waals surface area contributed by atoms with Crippen molar-refractivity contribution in [3.8, 4) is 0 Å². The second kappa shape index (κ2) is 6.26. The first kappa shape index (κ1) is 16.1. The van der Waals surface area contributed by atoms with E-state index < -0.39 is 12.2 Å². The van der Waals surface area contributed by atoms with Gasteiger partial charge in [-0.05, 0) is 29.7 Å². The van der Waals surface area contributed by atoms with E-state index in [0.29, 0.717) is 12.8 Å². The van der Waals surface area contributed by atoms with Crippen molar-refractivity contribution < 1.29 is 10.0 Å². The Morgan fingerprint density at radius 3 is 2.04 bits per heavy atom. The number of carbonyl (C=O) groups is 1. The zero-order chi connectivity index (χ0) is 18.4. The molecule has 6 nitrogen and oxygen atoms in total. The lowest BCUT2D eigenvalue weighted by Crippen LogP contribution is -2.37. The van der Waals surface area contributed by atoms with Crippen molar-refractivity contribution in [3.63, 3.8) is 0 Å². The van der Waals surface area contributed by atoms with Gasteiger partial charge in [-0.15, -0.1) is 0 Å². The number of rotatable bonds is 4. The standard InChI is InChI=1S/C21H20N4O2/c26-21-19(9-13-11-22-17-7-3-1-5-15(13)17)24-20(25(21)27)10-14-12-23-18-8-4-2-6-16(14)18/h1-8,11-12,19-20,22-24,27H,9-10H2. The van der Waals surface area contributed by atoms with Crippen molar-refractivity contribution in [1.82, 2.24) is 20.3 Å². The van der Waals surface area contributed by atoms with Crippen molar-refractivity contribution in [1.29, 1.82) is 0 Å². The number of amides is 1. The second-order valence-corrected chi connectivity index (χ2v) is 7.05. The summed E-state index contributed by atoms with van der Waals surface area (Å²) in [7, 11) is 0. The van der Waals surface area contributed by atoms with Crippen LogP contribution >= 0.6 is 0 Å². The number of benzene rings is 2. The Hall–Kier alpha value is -3.09. The molecule has 1 amide bonds. The maximum atomic E-state index is 12.6. The molecule has 2 aromatic heterocycles. The molecule has 0 aliphatic carbocycles. The summed E-state index contributed by atoms with van der Waals surface area (Å²) < 4.78 is 0.